The van der Waals surface area contributed by atoms with Gasteiger partial charge in [-0.2, -0.15) is 0 Å². The first-order chi connectivity index (χ1) is 8.08. The highest BCUT2D eigenvalue weighted by molar-refractivity contribution is 6.28. The number of para-hydroxylation sites is 1. The summed E-state index contributed by atoms with van der Waals surface area (Å²) in [7, 11) is 0. The van der Waals surface area contributed by atoms with Crippen LogP contribution in [0.25, 0.3) is 5.57 Å². The standard InChI is InChI=1S/C12H10O5/c1-7-6-10(17-12(15)11(13)14)16-9-5-3-2-4-8(7)9/h2-6,10H,1H3,(H,13,14). The molecule has 1 N–H and O–H groups in total. The second-order valence-corrected chi connectivity index (χ2v) is 3.54. The minimum atomic E-state index is -1.64. The van der Waals surface area contributed by atoms with Crippen LogP contribution in [0.1, 0.15) is 12.5 Å². The van der Waals surface area contributed by atoms with E-state index in [1.807, 2.05) is 19.1 Å². The number of allylic oxidation sites excluding steroid dienone is 1. The molecule has 1 aromatic rings. The van der Waals surface area contributed by atoms with Crippen molar-refractivity contribution in [3.63, 3.8) is 0 Å². The van der Waals surface area contributed by atoms with Crippen LogP contribution < -0.4 is 4.74 Å². The van der Waals surface area contributed by atoms with Gasteiger partial charge in [0.05, 0.1) is 0 Å². The van der Waals surface area contributed by atoms with Crippen molar-refractivity contribution in [2.75, 3.05) is 0 Å². The smallest absolute Gasteiger partial charge is 0.420 e. The highest BCUT2D eigenvalue weighted by atomic mass is 16.7. The maximum atomic E-state index is 10.9. The van der Waals surface area contributed by atoms with E-state index in [2.05, 4.69) is 4.74 Å². The van der Waals surface area contributed by atoms with Gasteiger partial charge in [0.25, 0.3) is 6.29 Å². The van der Waals surface area contributed by atoms with Crippen molar-refractivity contribution in [3.05, 3.63) is 35.9 Å². The Bertz CT molecular complexity index is 503. The predicted molar refractivity (Wildman–Crippen MR) is 58.2 cm³/mol. The van der Waals surface area contributed by atoms with Crippen LogP contribution in [-0.2, 0) is 14.3 Å². The van der Waals surface area contributed by atoms with Crippen LogP contribution in [0.3, 0.4) is 0 Å². The fraction of sp³-hybridized carbons (Fsp3) is 0.167. The highest BCUT2D eigenvalue weighted by Gasteiger charge is 2.24. The molecular weight excluding hydrogens is 224 g/mol. The van der Waals surface area contributed by atoms with E-state index in [1.165, 1.54) is 0 Å². The third-order valence-corrected chi connectivity index (χ3v) is 2.34. The number of carboxylic acid groups (broad SMARTS) is 1. The number of ether oxygens (including phenoxy) is 2. The molecule has 0 spiro atoms. The SMILES string of the molecule is CC1=CC(OC(=O)C(=O)O)Oc2ccccc21. The third-order valence-electron chi connectivity index (χ3n) is 2.34. The Morgan fingerprint density at radius 2 is 2.06 bits per heavy atom. The van der Waals surface area contributed by atoms with Gasteiger partial charge in [0.2, 0.25) is 0 Å². The molecule has 0 aromatic heterocycles. The Hall–Kier alpha value is -2.30. The minimum Gasteiger partial charge on any atom is -0.473 e. The summed E-state index contributed by atoms with van der Waals surface area (Å²) in [5.41, 5.74) is 1.77. The molecule has 0 saturated heterocycles. The van der Waals surface area contributed by atoms with Gasteiger partial charge in [0.15, 0.2) is 0 Å². The highest BCUT2D eigenvalue weighted by Crippen LogP contribution is 2.31. The Morgan fingerprint density at radius 1 is 1.35 bits per heavy atom. The van der Waals surface area contributed by atoms with Crippen LogP contribution in [0, 0.1) is 0 Å². The van der Waals surface area contributed by atoms with E-state index >= 15 is 0 Å². The van der Waals surface area contributed by atoms with Crippen molar-refractivity contribution in [1.29, 1.82) is 0 Å². The molecule has 1 atom stereocenters. The van der Waals surface area contributed by atoms with Gasteiger partial charge < -0.3 is 14.6 Å². The number of carbonyl (C=O) groups is 2. The molecule has 0 aliphatic carbocycles. The average Bonchev–Trinajstić information content (AvgIpc) is 2.29. The number of hydrogen-bond donors (Lipinski definition) is 1. The molecule has 1 aromatic carbocycles. The van der Waals surface area contributed by atoms with Crippen LogP contribution in [0.5, 0.6) is 5.75 Å². The number of fused-ring (bicyclic) bond motifs is 1. The minimum absolute atomic E-state index is 0.565. The number of esters is 1. The van der Waals surface area contributed by atoms with E-state index in [0.717, 1.165) is 11.1 Å². The van der Waals surface area contributed by atoms with E-state index in [0.29, 0.717) is 5.75 Å². The van der Waals surface area contributed by atoms with E-state index < -0.39 is 18.2 Å². The molecule has 5 nitrogen and oxygen atoms in total. The molecule has 0 fully saturated rings. The summed E-state index contributed by atoms with van der Waals surface area (Å²) < 4.78 is 9.98. The van der Waals surface area contributed by atoms with Crippen molar-refractivity contribution in [2.45, 2.75) is 13.2 Å². The zero-order chi connectivity index (χ0) is 12.4. The normalized spacial score (nSPS) is 17.5. The first kappa shape index (κ1) is 11.2. The molecule has 17 heavy (non-hydrogen) atoms. The Morgan fingerprint density at radius 3 is 2.76 bits per heavy atom. The summed E-state index contributed by atoms with van der Waals surface area (Å²) >= 11 is 0. The van der Waals surface area contributed by atoms with Crippen molar-refractivity contribution >= 4 is 17.5 Å². The monoisotopic (exact) mass is 234 g/mol. The first-order valence-electron chi connectivity index (χ1n) is 4.96. The Balaban J connectivity index is 2.19. The second-order valence-electron chi connectivity index (χ2n) is 3.54. The maximum Gasteiger partial charge on any atom is 0.420 e. The van der Waals surface area contributed by atoms with Gasteiger partial charge in [0, 0.05) is 5.56 Å². The number of carboxylic acids is 1. The summed E-state index contributed by atoms with van der Waals surface area (Å²) in [6.07, 6.45) is 0.567. The molecule has 0 bridgehead atoms. The lowest BCUT2D eigenvalue weighted by Gasteiger charge is -2.23. The van der Waals surface area contributed by atoms with Gasteiger partial charge >= 0.3 is 11.9 Å². The molecule has 0 radical (unpaired) electrons. The zero-order valence-electron chi connectivity index (χ0n) is 9.04. The van der Waals surface area contributed by atoms with Crippen LogP contribution >= 0.6 is 0 Å². The number of hydrogen-bond acceptors (Lipinski definition) is 4. The number of carbonyl (C=O) groups excluding carboxylic acids is 1. The van der Waals surface area contributed by atoms with Gasteiger partial charge in [-0.15, -0.1) is 0 Å². The number of rotatable bonds is 1. The number of benzene rings is 1. The molecular formula is C12H10O5. The van der Waals surface area contributed by atoms with Gasteiger partial charge in [0.1, 0.15) is 5.75 Å². The maximum absolute atomic E-state index is 10.9. The van der Waals surface area contributed by atoms with Gasteiger partial charge in [-0.25, -0.2) is 9.59 Å². The van der Waals surface area contributed by atoms with Crippen LogP contribution in [0.4, 0.5) is 0 Å². The van der Waals surface area contributed by atoms with Crippen molar-refractivity contribution in [2.24, 2.45) is 0 Å². The molecule has 2 rings (SSSR count). The van der Waals surface area contributed by atoms with Crippen molar-refractivity contribution in [3.8, 4) is 5.75 Å². The predicted octanol–water partition coefficient (Wildman–Crippen LogP) is 1.44. The molecule has 88 valence electrons. The Kier molecular flexibility index (Phi) is 2.82. The molecule has 0 saturated carbocycles. The zero-order valence-corrected chi connectivity index (χ0v) is 9.04. The number of aliphatic carboxylic acids is 1. The lowest BCUT2D eigenvalue weighted by molar-refractivity contribution is -0.173. The summed E-state index contributed by atoms with van der Waals surface area (Å²) in [6.45, 7) is 1.84. The quantitative estimate of drug-likeness (QED) is 0.588. The van der Waals surface area contributed by atoms with Crippen molar-refractivity contribution < 1.29 is 24.2 Å². The van der Waals surface area contributed by atoms with E-state index in [1.54, 1.807) is 18.2 Å². The average molecular weight is 234 g/mol. The summed E-state index contributed by atoms with van der Waals surface area (Å²) in [6, 6.07) is 7.25. The van der Waals surface area contributed by atoms with Crippen LogP contribution in [0.2, 0.25) is 0 Å². The van der Waals surface area contributed by atoms with Gasteiger partial charge in [-0.3, -0.25) is 0 Å². The molecule has 1 aliphatic rings. The summed E-state index contributed by atoms with van der Waals surface area (Å²) in [4.78, 5) is 21.2. The van der Waals surface area contributed by atoms with Crippen LogP contribution in [0.15, 0.2) is 30.3 Å². The molecule has 0 amide bonds. The van der Waals surface area contributed by atoms with E-state index in [4.69, 9.17) is 9.84 Å². The molecule has 5 heteroatoms. The lowest BCUT2D eigenvalue weighted by Crippen LogP contribution is -2.28. The first-order valence-corrected chi connectivity index (χ1v) is 4.96. The summed E-state index contributed by atoms with van der Waals surface area (Å²) in [5, 5.41) is 8.42. The van der Waals surface area contributed by atoms with Crippen molar-refractivity contribution in [1.82, 2.24) is 0 Å². The Labute approximate surface area is 97.3 Å². The second kappa shape index (κ2) is 4.29. The topological polar surface area (TPSA) is 72.8 Å². The third kappa shape index (κ3) is 2.28. The van der Waals surface area contributed by atoms with Crippen LogP contribution in [-0.4, -0.2) is 23.3 Å². The summed E-state index contributed by atoms with van der Waals surface area (Å²) in [5.74, 6) is -2.41. The fourth-order valence-electron chi connectivity index (χ4n) is 1.56. The largest absolute Gasteiger partial charge is 0.473 e. The lowest BCUT2D eigenvalue weighted by atomic mass is 10.0. The van der Waals surface area contributed by atoms with Gasteiger partial charge in [-0.05, 0) is 24.6 Å². The van der Waals surface area contributed by atoms with E-state index in [-0.39, 0.29) is 0 Å². The molecule has 1 unspecified atom stereocenters. The van der Waals surface area contributed by atoms with Gasteiger partial charge in [-0.1, -0.05) is 18.2 Å². The van der Waals surface area contributed by atoms with E-state index in [9.17, 15) is 9.59 Å². The molecule has 1 heterocycles. The molecule has 1 aliphatic heterocycles. The fourth-order valence-corrected chi connectivity index (χ4v) is 1.56.